The largest absolute Gasteiger partial charge is 0.493 e. The highest BCUT2D eigenvalue weighted by Gasteiger charge is 2.31. The lowest BCUT2D eigenvalue weighted by Crippen LogP contribution is -2.18. The molecule has 1 aliphatic rings. The maximum absolute atomic E-state index is 12.8. The number of hydrogen-bond donors (Lipinski definition) is 4. The lowest BCUT2D eigenvalue weighted by molar-refractivity contribution is 0.0814. The molecule has 2 aromatic carbocycles. The number of nitrogens with zero attached hydrogens (tertiary/aromatic N) is 4. The van der Waals surface area contributed by atoms with Crippen LogP contribution in [0.2, 0.25) is 0 Å². The van der Waals surface area contributed by atoms with Gasteiger partial charge in [0.05, 0.1) is 7.11 Å². The van der Waals surface area contributed by atoms with Crippen LogP contribution >= 0.6 is 0 Å². The molecule has 3 heterocycles. The summed E-state index contributed by atoms with van der Waals surface area (Å²) in [7, 11) is 3.18. The highest BCUT2D eigenvalue weighted by molar-refractivity contribution is 5.95. The number of rotatable bonds is 8. The molecule has 12 heteroatoms. The third-order valence-electron chi connectivity index (χ3n) is 5.83. The molecule has 0 radical (unpaired) electrons. The summed E-state index contributed by atoms with van der Waals surface area (Å²) in [6.07, 6.45) is 2.80. The number of nitrogens with two attached hydrogens (primary N) is 1. The van der Waals surface area contributed by atoms with Gasteiger partial charge in [0.15, 0.2) is 17.3 Å². The van der Waals surface area contributed by atoms with Crippen molar-refractivity contribution >= 4 is 11.5 Å². The fourth-order valence-electron chi connectivity index (χ4n) is 4.03. The van der Waals surface area contributed by atoms with E-state index in [-0.39, 0.29) is 17.9 Å². The van der Waals surface area contributed by atoms with Crippen LogP contribution in [0.3, 0.4) is 0 Å². The van der Waals surface area contributed by atoms with Crippen molar-refractivity contribution in [1.82, 2.24) is 24.7 Å². The van der Waals surface area contributed by atoms with Crippen LogP contribution in [0, 0.1) is 5.41 Å². The number of amidine groups is 1. The van der Waals surface area contributed by atoms with E-state index >= 15 is 0 Å². The van der Waals surface area contributed by atoms with Gasteiger partial charge in [-0.3, -0.25) is 10.4 Å². The molecular formula is C24H24N8O4. The van der Waals surface area contributed by atoms with E-state index in [1.54, 1.807) is 44.6 Å². The molecule has 0 spiro atoms. The second kappa shape index (κ2) is 9.50. The Hall–Kier alpha value is -4.71. The van der Waals surface area contributed by atoms with Gasteiger partial charge in [0, 0.05) is 36.3 Å². The van der Waals surface area contributed by atoms with Gasteiger partial charge in [0.1, 0.15) is 24.6 Å². The van der Waals surface area contributed by atoms with Crippen LogP contribution in [0.25, 0.3) is 5.95 Å². The lowest BCUT2D eigenvalue weighted by Gasteiger charge is -2.20. The fraction of sp³-hybridized carbons (Fsp3) is 0.208. The average molecular weight is 489 g/mol. The number of nitrogens with one attached hydrogen (secondary N) is 3. The van der Waals surface area contributed by atoms with Crippen molar-refractivity contribution < 1.29 is 14.2 Å². The number of fused-ring (bicyclic) bond motifs is 1. The van der Waals surface area contributed by atoms with Crippen molar-refractivity contribution in [3.63, 3.8) is 0 Å². The number of methoxy groups -OCH3 is 2. The molecule has 5 rings (SSSR count). The van der Waals surface area contributed by atoms with Gasteiger partial charge in [-0.1, -0.05) is 0 Å². The second-order valence-corrected chi connectivity index (χ2v) is 8.02. The van der Waals surface area contributed by atoms with E-state index in [9.17, 15) is 4.79 Å². The molecule has 184 valence electrons. The molecule has 0 aliphatic carbocycles. The van der Waals surface area contributed by atoms with Crippen LogP contribution < -0.4 is 26.2 Å². The summed E-state index contributed by atoms with van der Waals surface area (Å²) in [5, 5.41) is 15.5. The summed E-state index contributed by atoms with van der Waals surface area (Å²) in [6.45, 7) is 0.368. The van der Waals surface area contributed by atoms with Crippen LogP contribution in [0.15, 0.2) is 59.7 Å². The summed E-state index contributed by atoms with van der Waals surface area (Å²) in [4.78, 5) is 23.9. The first-order valence-corrected chi connectivity index (χ1v) is 11.0. The molecule has 0 saturated heterocycles. The van der Waals surface area contributed by atoms with Crippen LogP contribution in [-0.4, -0.2) is 51.4 Å². The first-order chi connectivity index (χ1) is 17.5. The molecule has 0 saturated carbocycles. The Morgan fingerprint density at radius 1 is 1.25 bits per heavy atom. The SMILES string of the molecule is COc1cc([C@H](Nc2ccc(C(=N)N)cc2)c2nn(-c3ncccn3)c(=O)[nH]2)cc2c1OCC2OC. The predicted molar refractivity (Wildman–Crippen MR) is 131 cm³/mol. The van der Waals surface area contributed by atoms with Gasteiger partial charge < -0.3 is 25.3 Å². The molecule has 5 N–H and O–H groups in total. The molecule has 0 bridgehead atoms. The first-order valence-electron chi connectivity index (χ1n) is 11.0. The van der Waals surface area contributed by atoms with Crippen molar-refractivity contribution in [2.24, 2.45) is 5.73 Å². The molecule has 0 amide bonds. The average Bonchev–Trinajstić information content (AvgIpc) is 3.50. The minimum atomic E-state index is -0.608. The van der Waals surface area contributed by atoms with Crippen LogP contribution in [0.1, 0.15) is 34.7 Å². The number of hydrogen-bond acceptors (Lipinski definition) is 9. The van der Waals surface area contributed by atoms with Crippen LogP contribution in [0.5, 0.6) is 11.5 Å². The zero-order chi connectivity index (χ0) is 25.2. The molecule has 2 atom stereocenters. The van der Waals surface area contributed by atoms with Crippen molar-refractivity contribution in [1.29, 1.82) is 5.41 Å². The van der Waals surface area contributed by atoms with Gasteiger partial charge in [-0.05, 0) is 48.0 Å². The molecule has 1 aliphatic heterocycles. The quantitative estimate of drug-likeness (QED) is 0.214. The van der Waals surface area contributed by atoms with E-state index in [1.165, 1.54) is 12.4 Å². The van der Waals surface area contributed by atoms with Gasteiger partial charge in [0.2, 0.25) is 0 Å². The molecule has 36 heavy (non-hydrogen) atoms. The van der Waals surface area contributed by atoms with Gasteiger partial charge in [-0.15, -0.1) is 9.78 Å². The molecule has 12 nitrogen and oxygen atoms in total. The minimum absolute atomic E-state index is 0.0296. The Bertz CT molecular complexity index is 1450. The Labute approximate surface area is 205 Å². The summed E-state index contributed by atoms with van der Waals surface area (Å²) >= 11 is 0. The molecule has 1 unspecified atom stereocenters. The van der Waals surface area contributed by atoms with Crippen molar-refractivity contribution in [3.05, 3.63) is 87.9 Å². The third-order valence-corrected chi connectivity index (χ3v) is 5.83. The number of aromatic nitrogens is 5. The maximum Gasteiger partial charge on any atom is 0.350 e. The number of anilines is 1. The summed E-state index contributed by atoms with van der Waals surface area (Å²) in [6, 6.07) is 11.9. The highest BCUT2D eigenvalue weighted by atomic mass is 16.6. The fourth-order valence-corrected chi connectivity index (χ4v) is 4.03. The number of nitrogen functional groups attached to an aromatic ring is 1. The Morgan fingerprint density at radius 3 is 2.67 bits per heavy atom. The van der Waals surface area contributed by atoms with E-state index in [1.807, 2.05) is 12.1 Å². The molecule has 0 fully saturated rings. The van der Waals surface area contributed by atoms with Gasteiger partial charge in [-0.2, -0.15) is 0 Å². The lowest BCUT2D eigenvalue weighted by atomic mass is 9.99. The zero-order valence-electron chi connectivity index (χ0n) is 19.6. The van der Waals surface area contributed by atoms with Gasteiger partial charge in [-0.25, -0.2) is 14.8 Å². The third kappa shape index (κ3) is 4.25. The molecule has 2 aromatic heterocycles. The molecule has 4 aromatic rings. The Morgan fingerprint density at radius 2 is 2.00 bits per heavy atom. The first kappa shape index (κ1) is 23.1. The van der Waals surface area contributed by atoms with E-state index in [0.717, 1.165) is 21.5 Å². The zero-order valence-corrected chi connectivity index (χ0v) is 19.6. The van der Waals surface area contributed by atoms with Crippen molar-refractivity contribution in [3.8, 4) is 17.4 Å². The van der Waals surface area contributed by atoms with E-state index in [0.29, 0.717) is 29.5 Å². The number of H-pyrrole nitrogens is 1. The summed E-state index contributed by atoms with van der Waals surface area (Å²) in [5.74, 6) is 1.60. The van der Waals surface area contributed by atoms with Crippen LogP contribution in [0.4, 0.5) is 5.69 Å². The van der Waals surface area contributed by atoms with Gasteiger partial charge in [0.25, 0.3) is 5.95 Å². The standard InChI is InChI=1S/C24H24N8O4/c1-34-17-11-14(10-16-18(35-2)12-36-20(16)17)19(29-15-6-4-13(5-7-15)21(25)26)22-30-24(33)32(31-22)23-27-8-3-9-28-23/h3-11,18-19,29H,12H2,1-2H3,(H3,25,26)(H,30,31,33)/t18?,19-/m0/s1. The topological polar surface area (TPSA) is 166 Å². The number of benzene rings is 2. The minimum Gasteiger partial charge on any atom is -0.493 e. The summed E-state index contributed by atoms with van der Waals surface area (Å²) in [5.41, 5.74) is 8.00. The number of ether oxygens (including phenoxy) is 3. The normalized spacial score (nSPS) is 15.1. The van der Waals surface area contributed by atoms with Crippen molar-refractivity contribution in [2.75, 3.05) is 26.1 Å². The van der Waals surface area contributed by atoms with E-state index in [4.69, 9.17) is 25.4 Å². The Balaban J connectivity index is 1.62. The smallest absolute Gasteiger partial charge is 0.350 e. The maximum atomic E-state index is 12.8. The van der Waals surface area contributed by atoms with E-state index in [2.05, 4.69) is 25.4 Å². The number of aromatic amines is 1. The second-order valence-electron chi connectivity index (χ2n) is 8.02. The molecular weight excluding hydrogens is 464 g/mol. The van der Waals surface area contributed by atoms with Crippen LogP contribution in [-0.2, 0) is 4.74 Å². The predicted octanol–water partition coefficient (Wildman–Crippen LogP) is 1.92. The summed E-state index contributed by atoms with van der Waals surface area (Å²) < 4.78 is 18.1. The van der Waals surface area contributed by atoms with E-state index < -0.39 is 11.7 Å². The monoisotopic (exact) mass is 488 g/mol. The van der Waals surface area contributed by atoms with Crippen molar-refractivity contribution in [2.45, 2.75) is 12.1 Å². The van der Waals surface area contributed by atoms with Gasteiger partial charge >= 0.3 is 5.69 Å². The highest BCUT2D eigenvalue weighted by Crippen LogP contribution is 2.44. The Kier molecular flexibility index (Phi) is 6.09.